The average molecular weight is 327 g/mol. The summed E-state index contributed by atoms with van der Waals surface area (Å²) in [5, 5.41) is 4.10. The Hall–Kier alpha value is -3.23. The smallest absolute Gasteiger partial charge is 0.303 e. The van der Waals surface area contributed by atoms with Crippen molar-refractivity contribution >= 4 is 23.3 Å². The minimum atomic E-state index is -0.420. The van der Waals surface area contributed by atoms with Crippen molar-refractivity contribution < 1.29 is 0 Å². The van der Waals surface area contributed by atoms with Gasteiger partial charge < -0.3 is 4.57 Å². The highest BCUT2D eigenvalue weighted by molar-refractivity contribution is 5.78. The van der Waals surface area contributed by atoms with Crippen LogP contribution in [0.2, 0.25) is 0 Å². The van der Waals surface area contributed by atoms with Crippen LogP contribution in [0.3, 0.4) is 0 Å². The van der Waals surface area contributed by atoms with Crippen molar-refractivity contribution in [3.8, 4) is 0 Å². The van der Waals surface area contributed by atoms with Crippen molar-refractivity contribution in [1.29, 1.82) is 0 Å². The van der Waals surface area contributed by atoms with Crippen LogP contribution in [-0.4, -0.2) is 29.9 Å². The van der Waals surface area contributed by atoms with Crippen molar-refractivity contribution in [1.82, 2.24) is 23.7 Å². The summed E-state index contributed by atoms with van der Waals surface area (Å²) in [4.78, 5) is 32.9. The molecule has 0 fully saturated rings. The highest BCUT2D eigenvalue weighted by Crippen LogP contribution is 2.15. The van der Waals surface area contributed by atoms with Gasteiger partial charge in [0.05, 0.1) is 11.9 Å². The molecule has 0 aromatic carbocycles. The Morgan fingerprint density at radius 3 is 2.71 bits per heavy atom. The van der Waals surface area contributed by atoms with E-state index in [2.05, 4.69) is 20.5 Å². The van der Waals surface area contributed by atoms with Gasteiger partial charge in [0.1, 0.15) is 0 Å². The number of nitrogens with one attached hydrogen (secondary N) is 1. The molecule has 0 radical (unpaired) electrons. The molecule has 0 saturated heterocycles. The van der Waals surface area contributed by atoms with Crippen LogP contribution in [0.15, 0.2) is 39.1 Å². The van der Waals surface area contributed by atoms with E-state index in [4.69, 9.17) is 0 Å². The van der Waals surface area contributed by atoms with E-state index in [0.29, 0.717) is 29.4 Å². The Morgan fingerprint density at radius 1 is 1.25 bits per heavy atom. The molecule has 124 valence electrons. The van der Waals surface area contributed by atoms with E-state index in [1.807, 2.05) is 25.1 Å². The average Bonchev–Trinajstić information content (AvgIpc) is 2.97. The van der Waals surface area contributed by atoms with Gasteiger partial charge in [-0.15, -0.1) is 0 Å². The fourth-order valence-electron chi connectivity index (χ4n) is 2.45. The number of pyridine rings is 1. The van der Waals surface area contributed by atoms with Gasteiger partial charge in [-0.3, -0.25) is 18.9 Å². The zero-order chi connectivity index (χ0) is 17.3. The van der Waals surface area contributed by atoms with Gasteiger partial charge in [-0.1, -0.05) is 6.07 Å². The maximum absolute atomic E-state index is 12.4. The molecule has 3 rings (SSSR count). The number of hydrazone groups is 1. The van der Waals surface area contributed by atoms with E-state index in [-0.39, 0.29) is 5.56 Å². The maximum Gasteiger partial charge on any atom is 0.332 e. The predicted molar refractivity (Wildman–Crippen MR) is 91.3 cm³/mol. The van der Waals surface area contributed by atoms with Gasteiger partial charge in [-0.05, 0) is 19.1 Å². The van der Waals surface area contributed by atoms with Gasteiger partial charge in [-0.25, -0.2) is 10.2 Å². The normalized spacial score (nSPS) is 11.5. The first-order valence-electron chi connectivity index (χ1n) is 7.41. The van der Waals surface area contributed by atoms with Crippen LogP contribution in [0.5, 0.6) is 0 Å². The quantitative estimate of drug-likeness (QED) is 0.549. The second-order valence-electron chi connectivity index (χ2n) is 5.18. The largest absolute Gasteiger partial charge is 0.332 e. The monoisotopic (exact) mass is 327 g/mol. The van der Waals surface area contributed by atoms with Crippen molar-refractivity contribution in [2.24, 2.45) is 19.2 Å². The Bertz CT molecular complexity index is 1030. The predicted octanol–water partition coefficient (Wildman–Crippen LogP) is 0.295. The molecular weight excluding hydrogens is 310 g/mol. The lowest BCUT2D eigenvalue weighted by Crippen LogP contribution is -2.37. The van der Waals surface area contributed by atoms with Crippen LogP contribution in [0.4, 0.5) is 5.95 Å². The summed E-state index contributed by atoms with van der Waals surface area (Å²) >= 11 is 0. The fourth-order valence-corrected chi connectivity index (χ4v) is 2.45. The lowest BCUT2D eigenvalue weighted by Gasteiger charge is -2.05. The summed E-state index contributed by atoms with van der Waals surface area (Å²) < 4.78 is 4.10. The lowest BCUT2D eigenvalue weighted by atomic mass is 10.4. The molecule has 3 heterocycles. The van der Waals surface area contributed by atoms with Crippen LogP contribution in [0, 0.1) is 0 Å². The van der Waals surface area contributed by atoms with Crippen LogP contribution in [0.1, 0.15) is 12.6 Å². The van der Waals surface area contributed by atoms with Crippen LogP contribution < -0.4 is 16.7 Å². The summed E-state index contributed by atoms with van der Waals surface area (Å²) in [6.07, 6.45) is 3.22. The molecule has 0 unspecified atom stereocenters. The van der Waals surface area contributed by atoms with Crippen LogP contribution >= 0.6 is 0 Å². The minimum Gasteiger partial charge on any atom is -0.303 e. The fraction of sp³-hybridized carbons (Fsp3) is 0.267. The van der Waals surface area contributed by atoms with Crippen molar-refractivity contribution in [3.63, 3.8) is 0 Å². The molecule has 0 spiro atoms. The molecule has 3 aromatic heterocycles. The first-order chi connectivity index (χ1) is 11.5. The number of anilines is 1. The van der Waals surface area contributed by atoms with Gasteiger partial charge in [0.25, 0.3) is 5.56 Å². The number of rotatable bonds is 4. The van der Waals surface area contributed by atoms with E-state index < -0.39 is 5.69 Å². The Kier molecular flexibility index (Phi) is 3.98. The summed E-state index contributed by atoms with van der Waals surface area (Å²) in [6, 6.07) is 5.49. The molecule has 0 saturated carbocycles. The number of aromatic nitrogens is 5. The topological polar surface area (TPSA) is 99.1 Å². The number of nitrogens with zero attached hydrogens (tertiary/aromatic N) is 6. The molecule has 9 nitrogen and oxygen atoms in total. The Morgan fingerprint density at radius 2 is 2.04 bits per heavy atom. The summed E-state index contributed by atoms with van der Waals surface area (Å²) in [5.41, 5.74) is 3.37. The molecule has 3 aromatic rings. The van der Waals surface area contributed by atoms with E-state index in [1.54, 1.807) is 24.0 Å². The minimum absolute atomic E-state index is 0.320. The third-order valence-corrected chi connectivity index (χ3v) is 3.71. The summed E-state index contributed by atoms with van der Waals surface area (Å²) in [6.45, 7) is 2.39. The highest BCUT2D eigenvalue weighted by Gasteiger charge is 2.17. The molecular formula is C15H17N7O2. The van der Waals surface area contributed by atoms with Gasteiger partial charge in [-0.2, -0.15) is 10.1 Å². The number of imidazole rings is 1. The number of hydrogen-bond acceptors (Lipinski definition) is 6. The van der Waals surface area contributed by atoms with Crippen LogP contribution in [0.25, 0.3) is 11.2 Å². The Labute approximate surface area is 136 Å². The number of aryl methyl sites for hydroxylation is 2. The van der Waals surface area contributed by atoms with Crippen molar-refractivity contribution in [3.05, 3.63) is 50.9 Å². The maximum atomic E-state index is 12.4. The Balaban J connectivity index is 2.08. The summed E-state index contributed by atoms with van der Waals surface area (Å²) in [5.74, 6) is 0.387. The van der Waals surface area contributed by atoms with E-state index in [9.17, 15) is 9.59 Å². The molecule has 0 amide bonds. The molecule has 0 aliphatic heterocycles. The third-order valence-electron chi connectivity index (χ3n) is 3.71. The third kappa shape index (κ3) is 2.49. The first-order valence-corrected chi connectivity index (χ1v) is 7.41. The zero-order valence-electron chi connectivity index (χ0n) is 13.6. The van der Waals surface area contributed by atoms with Crippen molar-refractivity contribution in [2.75, 3.05) is 5.43 Å². The second kappa shape index (κ2) is 6.11. The van der Waals surface area contributed by atoms with E-state index in [0.717, 1.165) is 4.57 Å². The number of fused-ring (bicyclic) bond motifs is 1. The van der Waals surface area contributed by atoms with Gasteiger partial charge in [0.2, 0.25) is 5.95 Å². The highest BCUT2D eigenvalue weighted by atomic mass is 16.2. The SMILES string of the molecule is CCn1c(N/N=C\c2ccccn2)nc2c1c(=O)n(C)c(=O)n2C. The molecule has 0 aliphatic carbocycles. The molecule has 0 aliphatic rings. The van der Waals surface area contributed by atoms with E-state index in [1.165, 1.54) is 11.6 Å². The van der Waals surface area contributed by atoms with Gasteiger partial charge in [0.15, 0.2) is 11.2 Å². The molecule has 0 bridgehead atoms. The zero-order valence-corrected chi connectivity index (χ0v) is 13.6. The van der Waals surface area contributed by atoms with Crippen molar-refractivity contribution in [2.45, 2.75) is 13.5 Å². The number of hydrogen-bond donors (Lipinski definition) is 1. The van der Waals surface area contributed by atoms with Gasteiger partial charge in [0, 0.05) is 26.8 Å². The standard InChI is InChI=1S/C15H17N7O2/c1-4-22-11-12(20(2)15(24)21(3)13(11)23)18-14(22)19-17-9-10-7-5-6-8-16-10/h5-9H,4H2,1-3H3,(H,18,19)/b17-9-. The molecule has 0 atom stereocenters. The first kappa shape index (κ1) is 15.7. The van der Waals surface area contributed by atoms with Crippen LogP contribution in [-0.2, 0) is 20.6 Å². The lowest BCUT2D eigenvalue weighted by molar-refractivity contribution is 0.700. The second-order valence-corrected chi connectivity index (χ2v) is 5.18. The molecule has 9 heteroatoms. The van der Waals surface area contributed by atoms with Gasteiger partial charge >= 0.3 is 5.69 Å². The summed E-state index contributed by atoms with van der Waals surface area (Å²) in [7, 11) is 3.03. The molecule has 24 heavy (non-hydrogen) atoms. The molecule has 1 N–H and O–H groups in total. The van der Waals surface area contributed by atoms with E-state index >= 15 is 0 Å².